The lowest BCUT2D eigenvalue weighted by Crippen LogP contribution is -2.27. The third kappa shape index (κ3) is 6.17. The fourth-order valence-corrected chi connectivity index (χ4v) is 4.37. The van der Waals surface area contributed by atoms with Gasteiger partial charge in [0, 0.05) is 12.6 Å². The van der Waals surface area contributed by atoms with E-state index in [9.17, 15) is 17.6 Å². The van der Waals surface area contributed by atoms with Gasteiger partial charge in [-0.2, -0.15) is 8.42 Å². The molecular formula is C25H25F3N6O5S. The molecule has 0 fully saturated rings. The molecule has 4 aromatic rings. The first-order valence-corrected chi connectivity index (χ1v) is 13.2. The van der Waals surface area contributed by atoms with Crippen molar-refractivity contribution in [2.45, 2.75) is 13.5 Å². The van der Waals surface area contributed by atoms with E-state index in [0.717, 1.165) is 7.05 Å². The predicted octanol–water partition coefficient (Wildman–Crippen LogP) is 3.08. The first kappa shape index (κ1) is 28.8. The molecule has 1 aromatic heterocycles. The van der Waals surface area contributed by atoms with Crippen LogP contribution in [0.4, 0.5) is 30.2 Å². The Morgan fingerprint density at radius 2 is 1.88 bits per heavy atom. The molecule has 0 radical (unpaired) electrons. The van der Waals surface area contributed by atoms with Crippen molar-refractivity contribution in [3.8, 4) is 0 Å². The minimum absolute atomic E-state index is 0.0391. The molecule has 0 bridgehead atoms. The second-order valence-corrected chi connectivity index (χ2v) is 10.2. The van der Waals surface area contributed by atoms with Crippen LogP contribution >= 0.6 is 0 Å². The van der Waals surface area contributed by atoms with Gasteiger partial charge in [0.05, 0.1) is 54.2 Å². The van der Waals surface area contributed by atoms with E-state index in [1.54, 1.807) is 13.0 Å². The third-order valence-electron chi connectivity index (χ3n) is 5.78. The van der Waals surface area contributed by atoms with Gasteiger partial charge in [0.15, 0.2) is 11.6 Å². The number of imidazole rings is 1. The van der Waals surface area contributed by atoms with Gasteiger partial charge in [0.2, 0.25) is 0 Å². The predicted molar refractivity (Wildman–Crippen MR) is 142 cm³/mol. The van der Waals surface area contributed by atoms with Crippen LogP contribution in [0.2, 0.25) is 0 Å². The Bertz CT molecular complexity index is 1680. The van der Waals surface area contributed by atoms with Crippen LogP contribution in [0.1, 0.15) is 21.5 Å². The van der Waals surface area contributed by atoms with E-state index < -0.39 is 40.2 Å². The zero-order valence-electron chi connectivity index (χ0n) is 21.3. The first-order valence-electron chi connectivity index (χ1n) is 11.8. The highest BCUT2D eigenvalue weighted by atomic mass is 32.2. The molecule has 11 nitrogen and oxygen atoms in total. The van der Waals surface area contributed by atoms with E-state index in [0.29, 0.717) is 5.56 Å². The number of hydroxylamine groups is 1. The molecule has 1 heterocycles. The van der Waals surface area contributed by atoms with Gasteiger partial charge in [0.1, 0.15) is 11.3 Å². The summed E-state index contributed by atoms with van der Waals surface area (Å²) >= 11 is 0. The standard InChI is InChI=1S/C25H25F3N6O5S/c1-14-6-7-18(17(26)10-14)31-23-16(25(36)32-39-9-8-35)11-20-24(22(23)28)30-13-34(20)12-15-4-3-5-19(21(15)27)33-40(37,38)29-2/h3-7,10-11,13,29,31,33,35H,8-9,12H2,1-2H3,(H,32,36). The van der Waals surface area contributed by atoms with Gasteiger partial charge in [-0.05, 0) is 36.8 Å². The summed E-state index contributed by atoms with van der Waals surface area (Å²) in [7, 11) is -2.83. The quantitative estimate of drug-likeness (QED) is 0.136. The van der Waals surface area contributed by atoms with Crippen LogP contribution in [0.15, 0.2) is 48.8 Å². The summed E-state index contributed by atoms with van der Waals surface area (Å²) in [6, 6.07) is 9.55. The minimum Gasteiger partial charge on any atom is -0.394 e. The molecule has 3 aromatic carbocycles. The Morgan fingerprint density at radius 1 is 1.10 bits per heavy atom. The van der Waals surface area contributed by atoms with Gasteiger partial charge in [-0.3, -0.25) is 14.4 Å². The van der Waals surface area contributed by atoms with Gasteiger partial charge < -0.3 is 15.0 Å². The van der Waals surface area contributed by atoms with Gasteiger partial charge in [0.25, 0.3) is 16.1 Å². The van der Waals surface area contributed by atoms with Gasteiger partial charge in [-0.25, -0.2) is 28.4 Å². The maximum absolute atomic E-state index is 15.8. The molecular weight excluding hydrogens is 553 g/mol. The highest BCUT2D eigenvalue weighted by Crippen LogP contribution is 2.32. The lowest BCUT2D eigenvalue weighted by molar-refractivity contribution is 0.0169. The van der Waals surface area contributed by atoms with Crippen molar-refractivity contribution in [3.05, 3.63) is 82.9 Å². The molecule has 40 heavy (non-hydrogen) atoms. The fourth-order valence-electron chi connectivity index (χ4n) is 3.82. The topological polar surface area (TPSA) is 147 Å². The summed E-state index contributed by atoms with van der Waals surface area (Å²) in [6.07, 6.45) is 1.22. The van der Waals surface area contributed by atoms with Crippen LogP contribution in [0.3, 0.4) is 0 Å². The van der Waals surface area contributed by atoms with Crippen LogP contribution in [0, 0.1) is 24.4 Å². The fraction of sp³-hybridized carbons (Fsp3) is 0.200. The monoisotopic (exact) mass is 578 g/mol. The number of nitrogens with one attached hydrogen (secondary N) is 4. The number of carbonyl (C=O) groups excluding carboxylic acids is 1. The lowest BCUT2D eigenvalue weighted by Gasteiger charge is -2.16. The summed E-state index contributed by atoms with van der Waals surface area (Å²) in [5, 5.41) is 11.5. The van der Waals surface area contributed by atoms with Gasteiger partial charge in [-0.15, -0.1) is 0 Å². The van der Waals surface area contributed by atoms with Crippen LogP contribution in [0.25, 0.3) is 11.0 Å². The number of anilines is 3. The number of hydrogen-bond donors (Lipinski definition) is 5. The molecule has 0 spiro atoms. The second-order valence-electron chi connectivity index (χ2n) is 8.55. The molecule has 0 aliphatic heterocycles. The van der Waals surface area contributed by atoms with Gasteiger partial charge >= 0.3 is 0 Å². The maximum Gasteiger partial charge on any atom is 0.298 e. The molecule has 0 atom stereocenters. The number of aliphatic hydroxyl groups excluding tert-OH is 1. The van der Waals surface area contributed by atoms with E-state index >= 15 is 8.78 Å². The largest absolute Gasteiger partial charge is 0.394 e. The smallest absolute Gasteiger partial charge is 0.298 e. The molecule has 1 amide bonds. The Balaban J connectivity index is 1.78. The zero-order valence-corrected chi connectivity index (χ0v) is 22.1. The normalized spacial score (nSPS) is 11.6. The van der Waals surface area contributed by atoms with E-state index in [2.05, 4.69) is 20.5 Å². The lowest BCUT2D eigenvalue weighted by atomic mass is 10.1. The number of rotatable bonds is 11. The van der Waals surface area contributed by atoms with Crippen LogP contribution < -0.4 is 20.2 Å². The minimum atomic E-state index is -3.99. The summed E-state index contributed by atoms with van der Waals surface area (Å²) in [5.74, 6) is -3.45. The number of benzene rings is 3. The zero-order chi connectivity index (χ0) is 29.0. The summed E-state index contributed by atoms with van der Waals surface area (Å²) in [4.78, 5) is 21.9. The Hall–Kier alpha value is -4.18. The van der Waals surface area contributed by atoms with E-state index in [4.69, 9.17) is 9.94 Å². The van der Waals surface area contributed by atoms with Crippen LogP contribution in [-0.4, -0.2) is 49.2 Å². The molecule has 0 saturated heterocycles. The average molecular weight is 579 g/mol. The van der Waals surface area contributed by atoms with Crippen molar-refractivity contribution >= 4 is 44.2 Å². The maximum atomic E-state index is 15.8. The summed E-state index contributed by atoms with van der Waals surface area (Å²) < 4.78 is 74.6. The van der Waals surface area contributed by atoms with E-state index in [1.807, 2.05) is 4.72 Å². The molecule has 0 saturated carbocycles. The van der Waals surface area contributed by atoms with Crippen molar-refractivity contribution in [1.82, 2.24) is 19.8 Å². The number of hydrogen-bond acceptors (Lipinski definition) is 7. The summed E-state index contributed by atoms with van der Waals surface area (Å²) in [5.41, 5.74) is 1.55. The molecule has 5 N–H and O–H groups in total. The Morgan fingerprint density at radius 3 is 2.58 bits per heavy atom. The van der Waals surface area contributed by atoms with Crippen molar-refractivity contribution in [3.63, 3.8) is 0 Å². The molecule has 4 rings (SSSR count). The SMILES string of the molecule is CNS(=O)(=O)Nc1cccc(Cn2cnc3c(F)c(Nc4ccc(C)cc4F)c(C(=O)NOCCO)cc32)c1F. The highest BCUT2D eigenvalue weighted by Gasteiger charge is 2.24. The average Bonchev–Trinajstić information content (AvgIpc) is 3.32. The number of aryl methyl sites for hydroxylation is 1. The van der Waals surface area contributed by atoms with E-state index in [-0.39, 0.29) is 52.4 Å². The molecule has 0 aliphatic rings. The number of aliphatic hydroxyl groups is 1. The van der Waals surface area contributed by atoms with E-state index in [1.165, 1.54) is 47.3 Å². The number of halogens is 3. The summed E-state index contributed by atoms with van der Waals surface area (Å²) in [6.45, 7) is 0.835. The van der Waals surface area contributed by atoms with Crippen LogP contribution in [0.5, 0.6) is 0 Å². The van der Waals surface area contributed by atoms with Crippen molar-refractivity contribution in [1.29, 1.82) is 0 Å². The van der Waals surface area contributed by atoms with Crippen molar-refractivity contribution < 1.29 is 36.3 Å². The van der Waals surface area contributed by atoms with Crippen LogP contribution in [-0.2, 0) is 21.6 Å². The molecule has 0 aliphatic carbocycles. The van der Waals surface area contributed by atoms with Crippen molar-refractivity contribution in [2.75, 3.05) is 30.3 Å². The first-order chi connectivity index (χ1) is 19.0. The third-order valence-corrected chi connectivity index (χ3v) is 6.80. The number of carbonyl (C=O) groups is 1. The molecule has 15 heteroatoms. The Kier molecular flexibility index (Phi) is 8.58. The number of aromatic nitrogens is 2. The number of fused-ring (bicyclic) bond motifs is 1. The highest BCUT2D eigenvalue weighted by molar-refractivity contribution is 7.90. The second kappa shape index (κ2) is 11.9. The number of amides is 1. The van der Waals surface area contributed by atoms with Crippen molar-refractivity contribution in [2.24, 2.45) is 0 Å². The Labute approximate surface area is 227 Å². The van der Waals surface area contributed by atoms with Gasteiger partial charge in [-0.1, -0.05) is 18.2 Å². The molecule has 212 valence electrons. The molecule has 0 unspecified atom stereocenters. The number of nitrogens with zero attached hydrogens (tertiary/aromatic N) is 2.